The Kier molecular flexibility index (Phi) is 4.35. The van der Waals surface area contributed by atoms with Crippen LogP contribution in [0.3, 0.4) is 0 Å². The van der Waals surface area contributed by atoms with Crippen molar-refractivity contribution in [2.45, 2.75) is 6.42 Å². The lowest BCUT2D eigenvalue weighted by Gasteiger charge is -2.20. The van der Waals surface area contributed by atoms with Crippen LogP contribution in [0.4, 0.5) is 5.69 Å². The third-order valence-corrected chi connectivity index (χ3v) is 2.69. The lowest BCUT2D eigenvalue weighted by Crippen LogP contribution is -2.29. The van der Waals surface area contributed by atoms with Crippen molar-refractivity contribution in [3.8, 4) is 5.75 Å². The monoisotopic (exact) mass is 264 g/mol. The molecule has 0 aliphatic carbocycles. The Balaban J connectivity index is 2.06. The second-order valence-electron chi connectivity index (χ2n) is 4.12. The van der Waals surface area contributed by atoms with E-state index in [9.17, 15) is 9.59 Å². The number of methoxy groups -OCH3 is 1. The lowest BCUT2D eigenvalue weighted by atomic mass is 10.1. The highest BCUT2D eigenvalue weighted by atomic mass is 16.5. The number of para-hydroxylation sites is 1. The molecule has 1 aliphatic rings. The van der Waals surface area contributed by atoms with Crippen LogP contribution in [0.2, 0.25) is 0 Å². The van der Waals surface area contributed by atoms with Crippen LogP contribution in [0.5, 0.6) is 5.75 Å². The highest BCUT2D eigenvalue weighted by Crippen LogP contribution is 2.31. The van der Waals surface area contributed by atoms with Gasteiger partial charge >= 0.3 is 0 Å². The molecule has 1 heterocycles. The van der Waals surface area contributed by atoms with Crippen LogP contribution in [0, 0.1) is 0 Å². The predicted octanol–water partition coefficient (Wildman–Crippen LogP) is 0.784. The molecule has 1 aromatic carbocycles. The molecule has 0 fully saturated rings. The first-order valence-electron chi connectivity index (χ1n) is 6.05. The van der Waals surface area contributed by atoms with Gasteiger partial charge in [0.25, 0.3) is 11.8 Å². The van der Waals surface area contributed by atoms with Crippen molar-refractivity contribution in [1.82, 2.24) is 5.32 Å². The van der Waals surface area contributed by atoms with Crippen LogP contribution in [0.15, 0.2) is 18.2 Å². The Morgan fingerprint density at radius 1 is 1.53 bits per heavy atom. The molecule has 102 valence electrons. The Morgan fingerprint density at radius 3 is 3.16 bits per heavy atom. The van der Waals surface area contributed by atoms with Crippen molar-refractivity contribution in [2.75, 3.05) is 32.2 Å². The van der Waals surface area contributed by atoms with E-state index in [2.05, 4.69) is 10.6 Å². The van der Waals surface area contributed by atoms with Crippen LogP contribution >= 0.6 is 0 Å². The fourth-order valence-corrected chi connectivity index (χ4v) is 1.81. The van der Waals surface area contributed by atoms with Gasteiger partial charge in [-0.1, -0.05) is 6.07 Å². The molecule has 6 nitrogen and oxygen atoms in total. The van der Waals surface area contributed by atoms with Crippen molar-refractivity contribution < 1.29 is 19.1 Å². The zero-order chi connectivity index (χ0) is 13.7. The van der Waals surface area contributed by atoms with Gasteiger partial charge in [0.05, 0.1) is 11.3 Å². The molecule has 6 heteroatoms. The summed E-state index contributed by atoms with van der Waals surface area (Å²) in [5, 5.41) is 5.45. The number of hydrogen-bond donors (Lipinski definition) is 2. The highest BCUT2D eigenvalue weighted by molar-refractivity contribution is 6.03. The van der Waals surface area contributed by atoms with Gasteiger partial charge in [0.2, 0.25) is 0 Å². The van der Waals surface area contributed by atoms with Gasteiger partial charge in [-0.25, -0.2) is 0 Å². The Morgan fingerprint density at radius 2 is 2.37 bits per heavy atom. The van der Waals surface area contributed by atoms with Crippen LogP contribution < -0.4 is 15.4 Å². The molecule has 0 aromatic heterocycles. The number of anilines is 1. The molecule has 0 atom stereocenters. The predicted molar refractivity (Wildman–Crippen MR) is 69.4 cm³/mol. The number of benzene rings is 1. The summed E-state index contributed by atoms with van der Waals surface area (Å²) in [6, 6.07) is 5.08. The molecular formula is C13H16N2O4. The molecule has 2 amide bonds. The van der Waals surface area contributed by atoms with Gasteiger partial charge in [-0.05, 0) is 18.6 Å². The van der Waals surface area contributed by atoms with Crippen molar-refractivity contribution >= 4 is 17.5 Å². The first-order valence-corrected chi connectivity index (χ1v) is 6.05. The van der Waals surface area contributed by atoms with Gasteiger partial charge in [0.1, 0.15) is 0 Å². The maximum atomic E-state index is 12.0. The summed E-state index contributed by atoms with van der Waals surface area (Å²) >= 11 is 0. The number of carbonyl (C=O) groups excluding carboxylic acids is 2. The number of nitrogens with one attached hydrogen (secondary N) is 2. The molecule has 0 saturated carbocycles. The summed E-state index contributed by atoms with van der Waals surface area (Å²) in [6.45, 7) is 1.06. The average molecular weight is 264 g/mol. The van der Waals surface area contributed by atoms with Crippen LogP contribution in [-0.4, -0.2) is 38.7 Å². The van der Waals surface area contributed by atoms with Gasteiger partial charge in [-0.2, -0.15) is 0 Å². The minimum atomic E-state index is -0.218. The third kappa shape index (κ3) is 3.23. The normalized spacial score (nSPS) is 13.2. The third-order valence-electron chi connectivity index (χ3n) is 2.69. The van der Waals surface area contributed by atoms with E-state index in [4.69, 9.17) is 9.47 Å². The number of fused-ring (bicyclic) bond motifs is 1. The molecule has 1 aliphatic heterocycles. The fraction of sp³-hybridized carbons (Fsp3) is 0.385. The summed E-state index contributed by atoms with van der Waals surface area (Å²) in [5.74, 6) is -0.0133. The SMILES string of the molecule is COCCCNC(=O)c1cccc2c1OCC(=O)N2. The molecule has 0 radical (unpaired) electrons. The minimum Gasteiger partial charge on any atom is -0.481 e. The average Bonchev–Trinajstić information content (AvgIpc) is 2.42. The Bertz CT molecular complexity index is 488. The Hall–Kier alpha value is -2.08. The largest absolute Gasteiger partial charge is 0.481 e. The van der Waals surface area contributed by atoms with E-state index in [1.807, 2.05) is 0 Å². The van der Waals surface area contributed by atoms with E-state index in [1.54, 1.807) is 25.3 Å². The molecule has 0 bridgehead atoms. The molecule has 2 N–H and O–H groups in total. The van der Waals surface area contributed by atoms with E-state index >= 15 is 0 Å². The Labute approximate surface area is 111 Å². The molecule has 19 heavy (non-hydrogen) atoms. The highest BCUT2D eigenvalue weighted by Gasteiger charge is 2.21. The second kappa shape index (κ2) is 6.19. The van der Waals surface area contributed by atoms with Gasteiger partial charge < -0.3 is 20.1 Å². The second-order valence-corrected chi connectivity index (χ2v) is 4.12. The number of ether oxygens (including phenoxy) is 2. The summed E-state index contributed by atoms with van der Waals surface area (Å²) in [5.41, 5.74) is 0.954. The van der Waals surface area contributed by atoms with Gasteiger partial charge in [0, 0.05) is 20.3 Å². The van der Waals surface area contributed by atoms with Crippen molar-refractivity contribution in [3.63, 3.8) is 0 Å². The zero-order valence-corrected chi connectivity index (χ0v) is 10.7. The number of carbonyl (C=O) groups is 2. The van der Waals surface area contributed by atoms with Crippen LogP contribution in [0.1, 0.15) is 16.8 Å². The quantitative estimate of drug-likeness (QED) is 0.771. The van der Waals surface area contributed by atoms with Crippen LogP contribution in [0.25, 0.3) is 0 Å². The molecular weight excluding hydrogens is 248 g/mol. The molecule has 2 rings (SSSR count). The summed E-state index contributed by atoms with van der Waals surface area (Å²) < 4.78 is 10.2. The van der Waals surface area contributed by atoms with E-state index in [0.717, 1.165) is 6.42 Å². The molecule has 0 unspecified atom stereocenters. The summed E-state index contributed by atoms with van der Waals surface area (Å²) in [6.07, 6.45) is 0.745. The van der Waals surface area contributed by atoms with Gasteiger partial charge in [-0.3, -0.25) is 9.59 Å². The number of hydrogen-bond acceptors (Lipinski definition) is 4. The van der Waals surface area contributed by atoms with Crippen LogP contribution in [-0.2, 0) is 9.53 Å². The first kappa shape index (κ1) is 13.4. The first-order chi connectivity index (χ1) is 9.22. The standard InChI is InChI=1S/C13H16N2O4/c1-18-7-3-6-14-13(17)9-4-2-5-10-12(9)19-8-11(16)15-10/h2,4-5H,3,6-8H2,1H3,(H,14,17)(H,15,16). The van der Waals surface area contributed by atoms with E-state index in [-0.39, 0.29) is 18.4 Å². The number of amides is 2. The molecule has 0 saturated heterocycles. The lowest BCUT2D eigenvalue weighted by molar-refractivity contribution is -0.118. The summed E-state index contributed by atoms with van der Waals surface area (Å²) in [7, 11) is 1.62. The van der Waals surface area contributed by atoms with E-state index in [0.29, 0.717) is 30.2 Å². The van der Waals surface area contributed by atoms with Gasteiger partial charge in [0.15, 0.2) is 12.4 Å². The van der Waals surface area contributed by atoms with Crippen molar-refractivity contribution in [2.24, 2.45) is 0 Å². The smallest absolute Gasteiger partial charge is 0.262 e. The van der Waals surface area contributed by atoms with Gasteiger partial charge in [-0.15, -0.1) is 0 Å². The molecule has 1 aromatic rings. The maximum absolute atomic E-state index is 12.0. The van der Waals surface area contributed by atoms with Crippen molar-refractivity contribution in [1.29, 1.82) is 0 Å². The topological polar surface area (TPSA) is 76.7 Å². The maximum Gasteiger partial charge on any atom is 0.262 e. The van der Waals surface area contributed by atoms with E-state index < -0.39 is 0 Å². The number of rotatable bonds is 5. The zero-order valence-electron chi connectivity index (χ0n) is 10.7. The van der Waals surface area contributed by atoms with E-state index in [1.165, 1.54) is 0 Å². The molecule has 0 spiro atoms. The van der Waals surface area contributed by atoms with Crippen molar-refractivity contribution in [3.05, 3.63) is 23.8 Å². The summed E-state index contributed by atoms with van der Waals surface area (Å²) in [4.78, 5) is 23.2. The minimum absolute atomic E-state index is 0.0685. The fourth-order valence-electron chi connectivity index (χ4n) is 1.81.